The summed E-state index contributed by atoms with van der Waals surface area (Å²) in [5, 5.41) is 231. The fraction of sp³-hybridized carbons (Fsp3) is 0.133. The van der Waals surface area contributed by atoms with Crippen LogP contribution in [0.5, 0.6) is 138 Å². The van der Waals surface area contributed by atoms with Gasteiger partial charge in [0.25, 0.3) is 0 Å². The van der Waals surface area contributed by atoms with Crippen molar-refractivity contribution in [1.82, 2.24) is 0 Å². The summed E-state index contributed by atoms with van der Waals surface area (Å²) < 4.78 is 21.7. The Kier molecular flexibility index (Phi) is 16.8. The number of aliphatic hydroxyl groups excluding tert-OH is 4. The lowest BCUT2D eigenvalue weighted by Crippen LogP contribution is -2.36. The van der Waals surface area contributed by atoms with Gasteiger partial charge in [0, 0.05) is 70.8 Å². The van der Waals surface area contributed by atoms with Crippen LogP contribution in [-0.2, 0) is 0 Å². The number of Topliss-reactive ketones (excluding diaryl/α,β-unsaturated/α-hetero) is 4. The highest BCUT2D eigenvalue weighted by atomic mass is 16.5. The Morgan fingerprint density at radius 3 is 0.522 bits per heavy atom. The van der Waals surface area contributed by atoms with Crippen molar-refractivity contribution >= 4 is 23.1 Å². The Morgan fingerprint density at radius 1 is 0.217 bits per heavy atom. The van der Waals surface area contributed by atoms with Crippen LogP contribution in [0.1, 0.15) is 88.1 Å². The second-order valence-corrected chi connectivity index (χ2v) is 20.4. The highest BCUT2D eigenvalue weighted by molar-refractivity contribution is 6.08. The van der Waals surface area contributed by atoms with Crippen LogP contribution >= 0.6 is 0 Å². The van der Waals surface area contributed by atoms with E-state index in [9.17, 15) is 142 Å². The van der Waals surface area contributed by atoms with Gasteiger partial charge in [-0.1, -0.05) is 0 Å². The van der Waals surface area contributed by atoms with Gasteiger partial charge < -0.3 is 142 Å². The maximum Gasteiger partial charge on any atom is 0.202 e. The SMILES string of the molecule is O=C1c2c(O)cc(O)cc2O[C@H](c2cc(O)c(O)c(O)c2)[C@H]1O.O=C1c2c(O)cc(O)cc2O[C@H](c2cc(O)c(O)c(O)c2)[C@H]1O.O=C1c2c(O)cc(O)cc2O[C@H](c2cc(O)c(O)c(O)c2)[C@H]1O.O=C1c2c(O)cc(O)cc2O[C@H](c2cc(O)c(O)c(O)c2)[C@H]1O. The van der Waals surface area contributed by atoms with E-state index in [1.807, 2.05) is 0 Å². The summed E-state index contributed by atoms with van der Waals surface area (Å²) in [4.78, 5) is 48.9. The molecule has 92 heavy (non-hydrogen) atoms. The van der Waals surface area contributed by atoms with Gasteiger partial charge in [0.15, 0.2) is 118 Å². The number of rotatable bonds is 4. The molecule has 32 nitrogen and oxygen atoms in total. The summed E-state index contributed by atoms with van der Waals surface area (Å²) in [6, 6.07) is 16.2. The standard InChI is InChI=1S/4C15H12O8/c4*16-6-3-7(17)11-10(4-6)23-15(14(22)13(11)21)5-1-8(18)12(20)9(19)2-5/h4*1-4,14-20,22H/t4*14-,15+/m0000/s1. The molecule has 0 radical (unpaired) electrons. The van der Waals surface area contributed by atoms with Gasteiger partial charge >= 0.3 is 0 Å². The minimum atomic E-state index is -1.72. The van der Waals surface area contributed by atoms with Crippen LogP contribution in [0, 0.1) is 0 Å². The minimum absolute atomic E-state index is 0.0205. The van der Waals surface area contributed by atoms with E-state index in [1.54, 1.807) is 0 Å². The average molecular weight is 1280 g/mol. The molecule has 0 aliphatic carbocycles. The number of ketones is 4. The Balaban J connectivity index is 0.000000145. The first-order valence-corrected chi connectivity index (χ1v) is 26.0. The van der Waals surface area contributed by atoms with Crippen molar-refractivity contribution in [2.75, 3.05) is 0 Å². The predicted molar refractivity (Wildman–Crippen MR) is 300 cm³/mol. The van der Waals surface area contributed by atoms with Crippen LogP contribution in [0.3, 0.4) is 0 Å². The number of carbonyl (C=O) groups excluding carboxylic acids is 4. The molecule has 0 saturated heterocycles. The molecule has 8 atom stereocenters. The first-order valence-electron chi connectivity index (χ1n) is 26.0. The lowest BCUT2D eigenvalue weighted by Gasteiger charge is -2.30. The number of fused-ring (bicyclic) bond motifs is 4. The molecule has 480 valence electrons. The quantitative estimate of drug-likeness (QED) is 0.112. The molecule has 4 aliphatic rings. The highest BCUT2D eigenvalue weighted by Crippen LogP contribution is 2.50. The highest BCUT2D eigenvalue weighted by Gasteiger charge is 2.44. The third-order valence-corrected chi connectivity index (χ3v) is 14.2. The maximum absolute atomic E-state index is 12.2. The predicted octanol–water partition coefficient (Wildman–Crippen LogP) is 3.57. The van der Waals surface area contributed by atoms with Gasteiger partial charge in [-0.15, -0.1) is 0 Å². The molecule has 32 heteroatoms. The van der Waals surface area contributed by atoms with E-state index < -0.39 is 164 Å². The van der Waals surface area contributed by atoms with E-state index in [0.29, 0.717) is 0 Å². The van der Waals surface area contributed by atoms with E-state index in [-0.39, 0.29) is 90.5 Å². The third-order valence-electron chi connectivity index (χ3n) is 14.2. The Morgan fingerprint density at radius 2 is 0.370 bits per heavy atom. The lowest BCUT2D eigenvalue weighted by atomic mass is 9.92. The van der Waals surface area contributed by atoms with E-state index in [1.165, 1.54) is 0 Å². The Hall–Kier alpha value is -12.5. The fourth-order valence-electron chi connectivity index (χ4n) is 9.82. The van der Waals surface area contributed by atoms with Gasteiger partial charge in [-0.2, -0.15) is 0 Å². The number of ether oxygens (including phenoxy) is 4. The number of carbonyl (C=O) groups is 4. The first-order chi connectivity index (χ1) is 43.2. The second-order valence-electron chi connectivity index (χ2n) is 20.4. The van der Waals surface area contributed by atoms with Crippen molar-refractivity contribution < 1.29 is 161 Å². The number of hydrogen-bond acceptors (Lipinski definition) is 32. The van der Waals surface area contributed by atoms with Crippen LogP contribution in [0.25, 0.3) is 0 Å². The van der Waals surface area contributed by atoms with E-state index in [2.05, 4.69) is 0 Å². The number of phenols is 20. The molecule has 4 aliphatic heterocycles. The maximum atomic E-state index is 12.2. The van der Waals surface area contributed by atoms with Gasteiger partial charge in [-0.25, -0.2) is 0 Å². The Labute approximate surface area is 510 Å². The lowest BCUT2D eigenvalue weighted by molar-refractivity contribution is 0.0207. The number of hydrogen-bond donors (Lipinski definition) is 24. The molecule has 0 amide bonds. The molecule has 8 aromatic rings. The van der Waals surface area contributed by atoms with E-state index >= 15 is 0 Å². The number of aromatic hydroxyl groups is 20. The van der Waals surface area contributed by atoms with E-state index in [0.717, 1.165) is 97.1 Å². The zero-order chi connectivity index (χ0) is 67.5. The van der Waals surface area contributed by atoms with Crippen LogP contribution < -0.4 is 18.9 Å². The first kappa shape index (κ1) is 64.0. The second kappa shape index (κ2) is 24.2. The van der Waals surface area contributed by atoms with Crippen molar-refractivity contribution in [2.24, 2.45) is 0 Å². The Bertz CT molecular complexity index is 3710. The summed E-state index contributed by atoms with van der Waals surface area (Å²) >= 11 is 0. The zero-order valence-electron chi connectivity index (χ0n) is 45.9. The molecule has 0 aromatic heterocycles. The normalized spacial score (nSPS) is 20.0. The minimum Gasteiger partial charge on any atom is -0.508 e. The largest absolute Gasteiger partial charge is 0.508 e. The summed E-state index contributed by atoms with van der Waals surface area (Å²) in [6.45, 7) is 0. The molecule has 0 bridgehead atoms. The summed E-state index contributed by atoms with van der Waals surface area (Å²) in [7, 11) is 0. The topological polar surface area (TPSA) is 591 Å². The van der Waals surface area contributed by atoms with Crippen LogP contribution in [0.2, 0.25) is 0 Å². The van der Waals surface area contributed by atoms with Crippen LogP contribution in [-0.4, -0.2) is 170 Å². The van der Waals surface area contributed by atoms with Gasteiger partial charge in [-0.05, 0) is 48.5 Å². The fourth-order valence-corrected chi connectivity index (χ4v) is 9.82. The molecule has 0 fully saturated rings. The van der Waals surface area contributed by atoms with E-state index in [4.69, 9.17) is 18.9 Å². The van der Waals surface area contributed by atoms with Gasteiger partial charge in [0.05, 0.1) is 0 Å². The number of phenolic OH excluding ortho intramolecular Hbond substituents is 20. The van der Waals surface area contributed by atoms with Crippen molar-refractivity contribution in [3.63, 3.8) is 0 Å². The van der Waals surface area contributed by atoms with Crippen molar-refractivity contribution in [2.45, 2.75) is 48.8 Å². The van der Waals surface area contributed by atoms with Gasteiger partial charge in [-0.3, -0.25) is 19.2 Å². The molecule has 8 aromatic carbocycles. The van der Waals surface area contributed by atoms with Crippen LogP contribution in [0.15, 0.2) is 97.1 Å². The molecule has 0 unspecified atom stereocenters. The molecule has 12 rings (SSSR count). The van der Waals surface area contributed by atoms with Gasteiger partial charge in [0.1, 0.15) is 91.2 Å². The molecule has 4 heterocycles. The molecule has 0 saturated carbocycles. The zero-order valence-corrected chi connectivity index (χ0v) is 45.9. The van der Waals surface area contributed by atoms with Crippen LogP contribution in [0.4, 0.5) is 0 Å². The molecule has 24 N–H and O–H groups in total. The average Bonchev–Trinajstić information content (AvgIpc) is 0.805. The number of benzene rings is 8. The van der Waals surface area contributed by atoms with Crippen molar-refractivity contribution in [3.05, 3.63) is 142 Å². The molecular formula is C60H48O32. The smallest absolute Gasteiger partial charge is 0.202 e. The molecule has 0 spiro atoms. The summed E-state index contributed by atoms with van der Waals surface area (Å²) in [6.07, 6.45) is -12.1. The third kappa shape index (κ3) is 11.9. The van der Waals surface area contributed by atoms with Crippen molar-refractivity contribution in [3.8, 4) is 138 Å². The van der Waals surface area contributed by atoms with Gasteiger partial charge in [0.2, 0.25) is 23.1 Å². The number of aliphatic hydroxyl groups is 4. The summed E-state index contributed by atoms with van der Waals surface area (Å²) in [5.41, 5.74) is -1.03. The summed E-state index contributed by atoms with van der Waals surface area (Å²) in [5.74, 6) is -15.8. The van der Waals surface area contributed by atoms with Crippen molar-refractivity contribution in [1.29, 1.82) is 0 Å². The molecular weight excluding hydrogens is 1230 g/mol. The monoisotopic (exact) mass is 1280 g/mol.